The van der Waals surface area contributed by atoms with Crippen molar-refractivity contribution in [2.45, 2.75) is 19.6 Å². The summed E-state index contributed by atoms with van der Waals surface area (Å²) in [5, 5.41) is 8.84. The minimum Gasteiger partial charge on any atom is -0.449 e. The second-order valence-corrected chi connectivity index (χ2v) is 6.85. The second kappa shape index (κ2) is 8.57. The van der Waals surface area contributed by atoms with Crippen molar-refractivity contribution >= 4 is 28.3 Å². The Morgan fingerprint density at radius 2 is 1.80 bits per heavy atom. The second-order valence-electron chi connectivity index (χ2n) is 6.85. The fraction of sp³-hybridized carbons (Fsp3) is 0.130. The number of hydrogen-bond acceptors (Lipinski definition) is 5. The predicted octanol–water partition coefficient (Wildman–Crippen LogP) is 3.66. The molecule has 0 aliphatic carbocycles. The van der Waals surface area contributed by atoms with Crippen molar-refractivity contribution in [2.75, 3.05) is 5.32 Å². The minimum absolute atomic E-state index is 0.377. The number of fused-ring (bicyclic) bond motifs is 1. The molecule has 1 unspecified atom stereocenters. The van der Waals surface area contributed by atoms with Gasteiger partial charge in [0.05, 0.1) is 12.1 Å². The third kappa shape index (κ3) is 4.35. The molecule has 0 saturated carbocycles. The molecule has 0 radical (unpaired) electrons. The molecule has 7 heteroatoms. The van der Waals surface area contributed by atoms with E-state index in [1.54, 1.807) is 30.1 Å². The first kappa shape index (κ1) is 19.3. The molecule has 7 nitrogen and oxygen atoms in total. The Kier molecular flexibility index (Phi) is 5.52. The van der Waals surface area contributed by atoms with Crippen LogP contribution in [0.1, 0.15) is 22.8 Å². The quantitative estimate of drug-likeness (QED) is 0.499. The summed E-state index contributed by atoms with van der Waals surface area (Å²) in [5.41, 5.74) is 2.03. The number of aromatic nitrogens is 3. The fourth-order valence-corrected chi connectivity index (χ4v) is 3.10. The van der Waals surface area contributed by atoms with Crippen LogP contribution in [0.25, 0.3) is 10.8 Å². The average Bonchev–Trinajstić information content (AvgIpc) is 3.27. The SMILES string of the molecule is CC(OC(=O)c1ccc(Cn2cncn2)cc1)C(=O)Nc1cccc2ccccc12. The zero-order chi connectivity index (χ0) is 20.9. The number of rotatable bonds is 6. The molecule has 4 aromatic rings. The molecular weight excluding hydrogens is 380 g/mol. The van der Waals surface area contributed by atoms with E-state index in [4.69, 9.17) is 4.74 Å². The largest absolute Gasteiger partial charge is 0.449 e. The molecule has 0 saturated heterocycles. The van der Waals surface area contributed by atoms with Crippen LogP contribution < -0.4 is 5.32 Å². The lowest BCUT2D eigenvalue weighted by Gasteiger charge is -2.15. The van der Waals surface area contributed by atoms with E-state index >= 15 is 0 Å². The van der Waals surface area contributed by atoms with Crippen molar-refractivity contribution < 1.29 is 14.3 Å². The first-order chi connectivity index (χ1) is 14.6. The molecule has 150 valence electrons. The normalized spacial score (nSPS) is 11.8. The van der Waals surface area contributed by atoms with Crippen LogP contribution in [0, 0.1) is 0 Å². The molecule has 0 fully saturated rings. The summed E-state index contributed by atoms with van der Waals surface area (Å²) < 4.78 is 7.04. The predicted molar refractivity (Wildman–Crippen MR) is 113 cm³/mol. The number of nitrogens with one attached hydrogen (secondary N) is 1. The smallest absolute Gasteiger partial charge is 0.338 e. The highest BCUT2D eigenvalue weighted by atomic mass is 16.5. The Balaban J connectivity index is 1.38. The van der Waals surface area contributed by atoms with Gasteiger partial charge in [0.2, 0.25) is 0 Å². The number of carbonyl (C=O) groups is 2. The summed E-state index contributed by atoms with van der Waals surface area (Å²) in [6, 6.07) is 20.4. The first-order valence-corrected chi connectivity index (χ1v) is 9.51. The average molecular weight is 400 g/mol. The summed E-state index contributed by atoms with van der Waals surface area (Å²) in [5.74, 6) is -0.939. The molecule has 1 atom stereocenters. The zero-order valence-corrected chi connectivity index (χ0v) is 16.4. The van der Waals surface area contributed by atoms with E-state index in [1.165, 1.54) is 6.33 Å². The van der Waals surface area contributed by atoms with Gasteiger partial charge in [-0.15, -0.1) is 0 Å². The van der Waals surface area contributed by atoms with Crippen LogP contribution in [0.2, 0.25) is 0 Å². The van der Waals surface area contributed by atoms with Gasteiger partial charge in [-0.1, -0.05) is 48.5 Å². The van der Waals surface area contributed by atoms with Crippen LogP contribution in [0.5, 0.6) is 0 Å². The molecule has 1 aromatic heterocycles. The lowest BCUT2D eigenvalue weighted by Crippen LogP contribution is -2.30. The molecule has 1 N–H and O–H groups in total. The van der Waals surface area contributed by atoms with E-state index < -0.39 is 12.1 Å². The van der Waals surface area contributed by atoms with Gasteiger partial charge in [-0.05, 0) is 36.1 Å². The number of hydrogen-bond donors (Lipinski definition) is 1. The van der Waals surface area contributed by atoms with Gasteiger partial charge in [-0.3, -0.25) is 4.79 Å². The Labute approximate surface area is 173 Å². The summed E-state index contributed by atoms with van der Waals surface area (Å²) in [6.07, 6.45) is 2.15. The molecular formula is C23H20N4O3. The monoisotopic (exact) mass is 400 g/mol. The van der Waals surface area contributed by atoms with Gasteiger partial charge in [-0.25, -0.2) is 14.5 Å². The highest BCUT2D eigenvalue weighted by molar-refractivity contribution is 6.04. The van der Waals surface area contributed by atoms with Crippen molar-refractivity contribution in [3.05, 3.63) is 90.5 Å². The Hall–Kier alpha value is -4.00. The topological polar surface area (TPSA) is 86.1 Å². The van der Waals surface area contributed by atoms with Gasteiger partial charge >= 0.3 is 5.97 Å². The van der Waals surface area contributed by atoms with E-state index in [-0.39, 0.29) is 5.91 Å². The van der Waals surface area contributed by atoms with Gasteiger partial charge in [0.15, 0.2) is 6.10 Å². The third-order valence-corrected chi connectivity index (χ3v) is 4.70. The molecule has 4 rings (SSSR count). The molecule has 30 heavy (non-hydrogen) atoms. The first-order valence-electron chi connectivity index (χ1n) is 9.51. The highest BCUT2D eigenvalue weighted by Gasteiger charge is 2.19. The van der Waals surface area contributed by atoms with Crippen LogP contribution >= 0.6 is 0 Å². The van der Waals surface area contributed by atoms with Crippen LogP contribution in [0.3, 0.4) is 0 Å². The van der Waals surface area contributed by atoms with Crippen LogP contribution in [0.4, 0.5) is 5.69 Å². The third-order valence-electron chi connectivity index (χ3n) is 4.70. The van der Waals surface area contributed by atoms with Gasteiger partial charge in [0, 0.05) is 11.1 Å². The summed E-state index contributed by atoms with van der Waals surface area (Å²) in [7, 11) is 0. The van der Waals surface area contributed by atoms with Gasteiger partial charge in [-0.2, -0.15) is 5.10 Å². The molecule has 1 heterocycles. The van der Waals surface area contributed by atoms with Crippen molar-refractivity contribution in [3.8, 4) is 0 Å². The molecule has 3 aromatic carbocycles. The summed E-state index contributed by atoms with van der Waals surface area (Å²) >= 11 is 0. The zero-order valence-electron chi connectivity index (χ0n) is 16.4. The lowest BCUT2D eigenvalue weighted by molar-refractivity contribution is -0.123. The highest BCUT2D eigenvalue weighted by Crippen LogP contribution is 2.23. The standard InChI is InChI=1S/C23H20N4O3/c1-16(22(28)26-21-8-4-6-18-5-2-3-7-20(18)21)30-23(29)19-11-9-17(10-12-19)13-27-15-24-14-25-27/h2-12,14-16H,13H2,1H3,(H,26,28). The maximum absolute atomic E-state index is 12.6. The van der Waals surface area contributed by atoms with Gasteiger partial charge < -0.3 is 10.1 Å². The lowest BCUT2D eigenvalue weighted by atomic mass is 10.1. The molecule has 0 spiro atoms. The van der Waals surface area contributed by atoms with Crippen molar-refractivity contribution in [2.24, 2.45) is 0 Å². The van der Waals surface area contributed by atoms with Gasteiger partial charge in [0.25, 0.3) is 5.91 Å². The van der Waals surface area contributed by atoms with Crippen LogP contribution in [0.15, 0.2) is 79.4 Å². The number of esters is 1. The van der Waals surface area contributed by atoms with E-state index in [0.29, 0.717) is 17.8 Å². The summed E-state index contributed by atoms with van der Waals surface area (Å²) in [6.45, 7) is 2.11. The molecule has 0 bridgehead atoms. The van der Waals surface area contributed by atoms with Crippen molar-refractivity contribution in [3.63, 3.8) is 0 Å². The Morgan fingerprint density at radius 1 is 1.03 bits per heavy atom. The Bertz CT molecular complexity index is 1170. The number of ether oxygens (including phenoxy) is 1. The van der Waals surface area contributed by atoms with Crippen molar-refractivity contribution in [1.29, 1.82) is 0 Å². The van der Waals surface area contributed by atoms with Gasteiger partial charge in [0.1, 0.15) is 12.7 Å². The van der Waals surface area contributed by atoms with E-state index in [1.807, 2.05) is 54.6 Å². The number of nitrogens with zero attached hydrogens (tertiary/aromatic N) is 3. The minimum atomic E-state index is -0.939. The maximum Gasteiger partial charge on any atom is 0.338 e. The van der Waals surface area contributed by atoms with E-state index in [2.05, 4.69) is 15.4 Å². The fourth-order valence-electron chi connectivity index (χ4n) is 3.10. The molecule has 0 aliphatic heterocycles. The van der Waals surface area contributed by atoms with E-state index in [9.17, 15) is 9.59 Å². The number of carbonyl (C=O) groups excluding carboxylic acids is 2. The maximum atomic E-state index is 12.6. The van der Waals surface area contributed by atoms with E-state index in [0.717, 1.165) is 16.3 Å². The molecule has 0 aliphatic rings. The summed E-state index contributed by atoms with van der Waals surface area (Å²) in [4.78, 5) is 28.9. The van der Waals surface area contributed by atoms with Crippen molar-refractivity contribution in [1.82, 2.24) is 14.8 Å². The van der Waals surface area contributed by atoms with Crippen LogP contribution in [-0.4, -0.2) is 32.7 Å². The Morgan fingerprint density at radius 3 is 2.57 bits per heavy atom. The number of benzene rings is 3. The van der Waals surface area contributed by atoms with Crippen LogP contribution in [-0.2, 0) is 16.1 Å². The number of anilines is 1. The number of amides is 1. The molecule has 1 amide bonds.